The summed E-state index contributed by atoms with van der Waals surface area (Å²) in [5.41, 5.74) is 7.81. The molecule has 2 rings (SSSR count). The third kappa shape index (κ3) is 5.71. The fourth-order valence-electron chi connectivity index (χ4n) is 2.45. The fourth-order valence-corrected chi connectivity index (χ4v) is 2.45. The maximum Gasteiger partial charge on any atom is 0.214 e. The van der Waals surface area contributed by atoms with E-state index in [-0.39, 0.29) is 0 Å². The Morgan fingerprint density at radius 1 is 0.727 bits per heavy atom. The number of halogens is 1. The molecule has 0 spiro atoms. The van der Waals surface area contributed by atoms with Gasteiger partial charge in [0.2, 0.25) is 5.69 Å². The standard InChI is InChI=1S/C16H20N.ClHO4/c1-11-6-7-13(3)16(10-11)17-14(4)8-12(2)9-15(17)5;2-1(3,4)5/h6-10H,1-5H3;(H,2,3,4,5)/q+1;/p-1. The van der Waals surface area contributed by atoms with Crippen molar-refractivity contribution in [3.63, 3.8) is 0 Å². The molecule has 2 aromatic rings. The average molecular weight is 326 g/mol. The Morgan fingerprint density at radius 2 is 1.18 bits per heavy atom. The van der Waals surface area contributed by atoms with Crippen LogP contribution in [0.3, 0.4) is 0 Å². The van der Waals surface area contributed by atoms with Gasteiger partial charge in [-0.2, -0.15) is 4.57 Å². The zero-order chi connectivity index (χ0) is 17.1. The number of hydrogen-bond donors (Lipinski definition) is 0. The molecule has 0 aliphatic carbocycles. The second kappa shape index (κ2) is 7.17. The molecule has 5 nitrogen and oxygen atoms in total. The molecule has 0 unspecified atom stereocenters. The molecule has 0 amide bonds. The minimum absolute atomic E-state index is 1.29. The normalized spacial score (nSPS) is 11.0. The van der Waals surface area contributed by atoms with Gasteiger partial charge in [0.25, 0.3) is 0 Å². The number of pyridine rings is 1. The third-order valence-electron chi connectivity index (χ3n) is 3.18. The number of rotatable bonds is 1. The van der Waals surface area contributed by atoms with Gasteiger partial charge in [-0.15, -0.1) is 10.2 Å². The summed E-state index contributed by atoms with van der Waals surface area (Å²) in [6.07, 6.45) is 0. The monoisotopic (exact) mass is 325 g/mol. The molecule has 120 valence electrons. The minimum atomic E-state index is -4.94. The zero-order valence-electron chi connectivity index (χ0n) is 13.3. The van der Waals surface area contributed by atoms with Crippen LogP contribution in [-0.4, -0.2) is 0 Å². The van der Waals surface area contributed by atoms with Crippen LogP contribution in [0, 0.1) is 44.9 Å². The van der Waals surface area contributed by atoms with Crippen LogP contribution in [0.2, 0.25) is 0 Å². The molecule has 0 saturated heterocycles. The number of nitrogens with zero attached hydrogens (tertiary/aromatic N) is 1. The molecule has 22 heavy (non-hydrogen) atoms. The predicted octanol–water partition coefficient (Wildman–Crippen LogP) is -1.25. The van der Waals surface area contributed by atoms with Gasteiger partial charge in [-0.3, -0.25) is 0 Å². The summed E-state index contributed by atoms with van der Waals surface area (Å²) >= 11 is 0. The Bertz CT molecular complexity index is 637. The van der Waals surface area contributed by atoms with Crippen LogP contribution in [0.5, 0.6) is 0 Å². The van der Waals surface area contributed by atoms with E-state index in [1.807, 2.05) is 0 Å². The van der Waals surface area contributed by atoms with E-state index in [4.69, 9.17) is 18.6 Å². The van der Waals surface area contributed by atoms with Gasteiger partial charge in [-0.05, 0) is 31.9 Å². The molecule has 0 aliphatic rings. The Labute approximate surface area is 132 Å². The Hall–Kier alpha value is -1.50. The van der Waals surface area contributed by atoms with E-state index in [1.165, 1.54) is 33.8 Å². The lowest BCUT2D eigenvalue weighted by Crippen LogP contribution is -2.68. The molecule has 0 fully saturated rings. The molecule has 0 N–H and O–H groups in total. The Kier molecular flexibility index (Phi) is 6.05. The highest BCUT2D eigenvalue weighted by atomic mass is 35.7. The first-order chi connectivity index (χ1) is 9.99. The van der Waals surface area contributed by atoms with Crippen molar-refractivity contribution in [2.24, 2.45) is 0 Å². The van der Waals surface area contributed by atoms with Gasteiger partial charge in [-0.1, -0.05) is 12.1 Å². The smallest absolute Gasteiger partial charge is 0.214 e. The van der Waals surface area contributed by atoms with E-state index in [9.17, 15) is 0 Å². The van der Waals surface area contributed by atoms with Crippen molar-refractivity contribution < 1.29 is 33.4 Å². The summed E-state index contributed by atoms with van der Waals surface area (Å²) in [5, 5.41) is 0. The van der Waals surface area contributed by atoms with E-state index >= 15 is 0 Å². The van der Waals surface area contributed by atoms with Crippen molar-refractivity contribution in [2.45, 2.75) is 34.6 Å². The van der Waals surface area contributed by atoms with Gasteiger partial charge in [0, 0.05) is 37.6 Å². The molecule has 0 radical (unpaired) electrons. The van der Waals surface area contributed by atoms with Gasteiger partial charge in [0.1, 0.15) is 0 Å². The van der Waals surface area contributed by atoms with Gasteiger partial charge < -0.3 is 0 Å². The van der Waals surface area contributed by atoms with E-state index in [0.717, 1.165) is 0 Å². The number of hydrogen-bond acceptors (Lipinski definition) is 4. The van der Waals surface area contributed by atoms with Crippen LogP contribution in [0.25, 0.3) is 5.69 Å². The first-order valence-corrected chi connectivity index (χ1v) is 7.92. The maximum absolute atomic E-state index is 8.49. The molecule has 0 saturated carbocycles. The minimum Gasteiger partial charge on any atom is -0.222 e. The van der Waals surface area contributed by atoms with Gasteiger partial charge in [0.15, 0.2) is 11.4 Å². The van der Waals surface area contributed by atoms with Crippen molar-refractivity contribution in [1.29, 1.82) is 0 Å². The second-order valence-electron chi connectivity index (χ2n) is 5.32. The van der Waals surface area contributed by atoms with Crippen molar-refractivity contribution in [3.05, 3.63) is 58.4 Å². The van der Waals surface area contributed by atoms with Crippen LogP contribution < -0.4 is 23.2 Å². The van der Waals surface area contributed by atoms with Gasteiger partial charge in [0.05, 0.1) is 0 Å². The van der Waals surface area contributed by atoms with Crippen LogP contribution in [0.15, 0.2) is 30.3 Å². The van der Waals surface area contributed by atoms with Crippen molar-refractivity contribution in [1.82, 2.24) is 0 Å². The average Bonchev–Trinajstić information content (AvgIpc) is 2.30. The van der Waals surface area contributed by atoms with E-state index in [2.05, 4.69) is 69.5 Å². The lowest BCUT2D eigenvalue weighted by Gasteiger charge is -2.17. The summed E-state index contributed by atoms with van der Waals surface area (Å²) in [6, 6.07) is 11.1. The summed E-state index contributed by atoms with van der Waals surface area (Å²) in [4.78, 5) is 0. The molecule has 0 aliphatic heterocycles. The molecule has 1 aromatic carbocycles. The first-order valence-electron chi connectivity index (χ1n) is 6.68. The van der Waals surface area contributed by atoms with Crippen LogP contribution in [0.1, 0.15) is 28.1 Å². The molecular formula is C16H20ClNO4. The molecule has 1 aromatic heterocycles. The highest BCUT2D eigenvalue weighted by molar-refractivity contribution is 5.37. The number of aryl methyl sites for hydroxylation is 5. The van der Waals surface area contributed by atoms with E-state index in [1.54, 1.807) is 0 Å². The predicted molar refractivity (Wildman–Crippen MR) is 71.7 cm³/mol. The maximum atomic E-state index is 8.49. The summed E-state index contributed by atoms with van der Waals surface area (Å²) in [7, 11) is -4.94. The Balaban J connectivity index is 0.000000422. The van der Waals surface area contributed by atoms with Crippen LogP contribution >= 0.6 is 0 Å². The van der Waals surface area contributed by atoms with Crippen molar-refractivity contribution in [2.75, 3.05) is 0 Å². The topological polar surface area (TPSA) is 96.1 Å². The largest absolute Gasteiger partial charge is 0.222 e. The summed E-state index contributed by atoms with van der Waals surface area (Å²) in [6.45, 7) is 10.8. The lowest BCUT2D eigenvalue weighted by atomic mass is 10.1. The second-order valence-corrected chi connectivity index (χ2v) is 6.07. The van der Waals surface area contributed by atoms with Crippen molar-refractivity contribution >= 4 is 0 Å². The molecule has 1 heterocycles. The Morgan fingerprint density at radius 3 is 1.64 bits per heavy atom. The highest BCUT2D eigenvalue weighted by Crippen LogP contribution is 2.13. The lowest BCUT2D eigenvalue weighted by molar-refractivity contribution is -2.00. The fraction of sp³-hybridized carbons (Fsp3) is 0.312. The quantitative estimate of drug-likeness (QED) is 0.612. The third-order valence-corrected chi connectivity index (χ3v) is 3.18. The summed E-state index contributed by atoms with van der Waals surface area (Å²) in [5.74, 6) is 0. The molecule has 6 heteroatoms. The number of aromatic nitrogens is 1. The highest BCUT2D eigenvalue weighted by Gasteiger charge is 2.17. The first kappa shape index (κ1) is 18.5. The van der Waals surface area contributed by atoms with Crippen LogP contribution in [-0.2, 0) is 0 Å². The molecular weight excluding hydrogens is 306 g/mol. The molecule has 0 bridgehead atoms. The van der Waals surface area contributed by atoms with E-state index < -0.39 is 10.2 Å². The molecule has 0 atom stereocenters. The van der Waals surface area contributed by atoms with Gasteiger partial charge >= 0.3 is 0 Å². The number of benzene rings is 1. The van der Waals surface area contributed by atoms with E-state index in [0.29, 0.717) is 0 Å². The van der Waals surface area contributed by atoms with Crippen molar-refractivity contribution in [3.8, 4) is 5.69 Å². The van der Waals surface area contributed by atoms with Gasteiger partial charge in [-0.25, -0.2) is 18.6 Å². The summed E-state index contributed by atoms with van der Waals surface area (Å²) < 4.78 is 36.3. The zero-order valence-corrected chi connectivity index (χ0v) is 14.1. The SMILES string of the molecule is Cc1ccc(C)c(-[n+]2c(C)cc(C)cc2C)c1.[O-][Cl+3]([O-])([O-])[O-]. The van der Waals surface area contributed by atoms with Crippen LogP contribution in [0.4, 0.5) is 0 Å².